The molecule has 0 saturated carbocycles. The van der Waals surface area contributed by atoms with Gasteiger partial charge in [-0.15, -0.1) is 0 Å². The molecule has 0 saturated heterocycles. The summed E-state index contributed by atoms with van der Waals surface area (Å²) < 4.78 is 195. The molecule has 0 aromatic heterocycles. The monoisotopic (exact) mass is 532 g/mol. The van der Waals surface area contributed by atoms with Gasteiger partial charge in [0.05, 0.1) is 30.2 Å². The first kappa shape index (κ1) is 9.26. The van der Waals surface area contributed by atoms with Gasteiger partial charge < -0.3 is 0 Å². The minimum absolute atomic E-state index is 0.0402. The highest BCUT2D eigenvalue weighted by atomic mass is 32.2. The van der Waals surface area contributed by atoms with Crippen molar-refractivity contribution in [2.75, 3.05) is 0 Å². The van der Waals surface area contributed by atoms with Gasteiger partial charge in [0.15, 0.2) is 0 Å². The fourth-order valence-corrected chi connectivity index (χ4v) is 5.86. The van der Waals surface area contributed by atoms with Crippen molar-refractivity contribution in [3.63, 3.8) is 0 Å². The van der Waals surface area contributed by atoms with Crippen LogP contribution in [0.15, 0.2) is 143 Å². The van der Waals surface area contributed by atoms with Crippen LogP contribution in [0.1, 0.15) is 30.2 Å². The molecule has 180 valence electrons. The van der Waals surface area contributed by atoms with Crippen molar-refractivity contribution < 1.29 is 30.2 Å². The van der Waals surface area contributed by atoms with Crippen molar-refractivity contribution in [3.05, 3.63) is 133 Å². The average molecular weight is 533 g/mol. The molecule has 0 atom stereocenters. The molecule has 0 radical (unpaired) electrons. The molecule has 0 spiro atoms. The Balaban J connectivity index is 1.41. The van der Waals surface area contributed by atoms with Gasteiger partial charge in [-0.25, -0.2) is 0 Å². The van der Waals surface area contributed by atoms with E-state index in [1.807, 2.05) is 0 Å². The minimum atomic E-state index is -0.912. The quantitative estimate of drug-likeness (QED) is 0.199. The molecule has 1 aliphatic heterocycles. The van der Waals surface area contributed by atoms with E-state index >= 15 is 0 Å². The number of benzene rings is 8. The van der Waals surface area contributed by atoms with E-state index in [0.717, 1.165) is 0 Å². The van der Waals surface area contributed by atoms with Gasteiger partial charge in [-0.3, -0.25) is 0 Å². The Morgan fingerprint density at radius 3 is 1.82 bits per heavy atom. The summed E-state index contributed by atoms with van der Waals surface area (Å²) in [7, 11) is 0. The lowest BCUT2D eigenvalue weighted by Gasteiger charge is -2.21. The first-order valence-electron chi connectivity index (χ1n) is 22.7. The summed E-state index contributed by atoms with van der Waals surface area (Å²) >= 11 is 0.690. The Bertz CT molecular complexity index is 3410. The van der Waals surface area contributed by atoms with E-state index in [1.165, 1.54) is 0 Å². The fraction of sp³-hybridized carbons (Fsp3) is 0. The summed E-state index contributed by atoms with van der Waals surface area (Å²) in [6.07, 6.45) is 0. The Kier molecular flexibility index (Phi) is 1.89. The summed E-state index contributed by atoms with van der Waals surface area (Å²) in [5.41, 5.74) is -3.04. The van der Waals surface area contributed by atoms with Gasteiger partial charge in [0.1, 0.15) is 0 Å². The second kappa shape index (κ2) is 7.96. The lowest BCUT2D eigenvalue weighted by Crippen LogP contribution is -1.93. The van der Waals surface area contributed by atoms with Crippen LogP contribution >= 0.6 is 11.8 Å². The van der Waals surface area contributed by atoms with Crippen molar-refractivity contribution in [3.8, 4) is 33.4 Å². The smallest absolute Gasteiger partial charge is 0.0636 e. The molecule has 0 fully saturated rings. The Morgan fingerprint density at radius 2 is 1.00 bits per heavy atom. The first-order valence-corrected chi connectivity index (χ1v) is 12.5. The summed E-state index contributed by atoms with van der Waals surface area (Å²) in [5, 5.41) is -2.21. The summed E-state index contributed by atoms with van der Waals surface area (Å²) in [6, 6.07) is -15.5. The maximum absolute atomic E-state index is 9.45. The van der Waals surface area contributed by atoms with Crippen LogP contribution in [-0.4, -0.2) is 0 Å². The Morgan fingerprint density at radius 1 is 0.385 bits per heavy atom. The lowest BCUT2D eigenvalue weighted by molar-refractivity contribution is 1.39. The van der Waals surface area contributed by atoms with Crippen molar-refractivity contribution >= 4 is 54.9 Å². The highest BCUT2D eigenvalue weighted by molar-refractivity contribution is 7.99. The Labute approximate surface area is 261 Å². The van der Waals surface area contributed by atoms with Crippen molar-refractivity contribution in [2.24, 2.45) is 0 Å². The van der Waals surface area contributed by atoms with Crippen molar-refractivity contribution in [2.45, 2.75) is 9.79 Å². The van der Waals surface area contributed by atoms with E-state index in [2.05, 4.69) is 0 Å². The average Bonchev–Trinajstić information content (AvgIpc) is 3.22. The van der Waals surface area contributed by atoms with Gasteiger partial charge in [-0.05, 0) is 89.2 Å². The molecule has 0 amide bonds. The minimum Gasteiger partial charge on any atom is -0.0888 e. The molecular formula is C38H22S. The summed E-state index contributed by atoms with van der Waals surface area (Å²) in [4.78, 5) is -0.198. The van der Waals surface area contributed by atoms with Gasteiger partial charge in [-0.1, -0.05) is 127 Å². The fourth-order valence-electron chi connectivity index (χ4n) is 4.89. The van der Waals surface area contributed by atoms with Crippen LogP contribution in [0, 0.1) is 0 Å². The van der Waals surface area contributed by atoms with E-state index in [9.17, 15) is 6.85 Å². The number of rotatable bonds is 2. The molecule has 0 bridgehead atoms. The van der Waals surface area contributed by atoms with Gasteiger partial charge in [-0.2, -0.15) is 0 Å². The number of hydrogen-bond donors (Lipinski definition) is 0. The SMILES string of the molecule is [2H]c1c([2H])c(-c2c([2H])c([2H])c(-c3c([2H])c([2H])c4c([2H])c([2H])c5c([2H])c([2H])c([2H])c6c([2H])c([2H])c3c4c56)c([2H])c2[2H])c([2H])c2c1Sc1c([2H])c([2H])c([2H])c3c([2H])c([2H])c([2H])c-2c13. The molecule has 0 unspecified atom stereocenters. The topological polar surface area (TPSA) is 0 Å². The third-order valence-electron chi connectivity index (χ3n) is 6.64. The zero-order chi connectivity index (χ0) is 44.6. The standard InChI is InChI=1S/C38H22S/c1-4-26-14-15-28-16-19-30(32-20-17-27(5-1)36(26)38(28)32)24-12-10-23(11-13-24)29-18-21-34-33(22-29)31-8-2-6-25-7-3-9-35(39-34)37(25)31/h1-22H/i1D,2D,3D,4D,5D,6D,7D,8D,9D,10D,11D,12D,13D,14D,15D,16D,17D,18D,19D,20D,21D,22D. The molecule has 0 nitrogen and oxygen atoms in total. The largest absolute Gasteiger partial charge is 0.0888 e. The molecule has 1 heterocycles. The van der Waals surface area contributed by atoms with Gasteiger partial charge in [0, 0.05) is 15.2 Å². The molecule has 1 heteroatoms. The summed E-state index contributed by atoms with van der Waals surface area (Å²) in [6.45, 7) is 0. The van der Waals surface area contributed by atoms with Crippen LogP contribution < -0.4 is 0 Å². The van der Waals surface area contributed by atoms with Crippen LogP contribution in [0.2, 0.25) is 0 Å². The van der Waals surface area contributed by atoms with Crippen LogP contribution in [0.5, 0.6) is 0 Å². The highest BCUT2D eigenvalue weighted by Crippen LogP contribution is 2.49. The Hall–Kier alpha value is -4.59. The normalized spacial score (nSPS) is 20.4. The molecule has 9 rings (SSSR count). The maximum atomic E-state index is 9.45. The number of fused-ring (bicyclic) bond motifs is 2. The molecule has 8 aromatic rings. The highest BCUT2D eigenvalue weighted by Gasteiger charge is 2.19. The third kappa shape index (κ3) is 3.08. The van der Waals surface area contributed by atoms with Crippen molar-refractivity contribution in [1.29, 1.82) is 0 Å². The van der Waals surface area contributed by atoms with Crippen LogP contribution in [-0.2, 0) is 0 Å². The van der Waals surface area contributed by atoms with E-state index in [-0.39, 0.29) is 58.6 Å². The first-order chi connectivity index (χ1) is 28.5. The van der Waals surface area contributed by atoms with Crippen LogP contribution in [0.25, 0.3) is 76.5 Å². The van der Waals surface area contributed by atoms with Gasteiger partial charge >= 0.3 is 0 Å². The lowest BCUT2D eigenvalue weighted by atomic mass is 9.89. The molecule has 8 aromatic carbocycles. The third-order valence-corrected chi connectivity index (χ3v) is 7.66. The second-order valence-corrected chi connectivity index (χ2v) is 9.78. The number of hydrogen-bond acceptors (Lipinski definition) is 1. The molecule has 1 aliphatic rings. The van der Waals surface area contributed by atoms with E-state index < -0.39 is 161 Å². The zero-order valence-electron chi connectivity index (χ0n) is 41.4. The second-order valence-electron chi connectivity index (χ2n) is 8.76. The molecule has 39 heavy (non-hydrogen) atoms. The van der Waals surface area contributed by atoms with Gasteiger partial charge in [0.25, 0.3) is 0 Å². The maximum Gasteiger partial charge on any atom is 0.0636 e. The van der Waals surface area contributed by atoms with Crippen molar-refractivity contribution in [1.82, 2.24) is 0 Å². The predicted molar refractivity (Wildman–Crippen MR) is 168 cm³/mol. The van der Waals surface area contributed by atoms with Crippen LogP contribution in [0.4, 0.5) is 0 Å². The van der Waals surface area contributed by atoms with E-state index in [1.54, 1.807) is 0 Å². The van der Waals surface area contributed by atoms with E-state index in [4.69, 9.17) is 23.3 Å². The summed E-state index contributed by atoms with van der Waals surface area (Å²) in [5.74, 6) is 0. The molecule has 0 N–H and O–H groups in total. The zero-order valence-corrected chi connectivity index (χ0v) is 20.2. The molecular weight excluding hydrogens is 488 g/mol. The predicted octanol–water partition coefficient (Wildman–Crippen LogP) is 11.2. The van der Waals surface area contributed by atoms with E-state index in [0.29, 0.717) is 11.8 Å². The van der Waals surface area contributed by atoms with Crippen LogP contribution in [0.3, 0.4) is 0 Å². The van der Waals surface area contributed by atoms with Gasteiger partial charge in [0.2, 0.25) is 0 Å². The molecule has 0 aliphatic carbocycles.